The van der Waals surface area contributed by atoms with Crippen LogP contribution in [0.15, 0.2) is 30.3 Å². The van der Waals surface area contributed by atoms with E-state index in [-0.39, 0.29) is 5.56 Å². The summed E-state index contributed by atoms with van der Waals surface area (Å²) in [5.74, 6) is -2.92. The van der Waals surface area contributed by atoms with Gasteiger partial charge in [0.2, 0.25) is 6.54 Å². The topological polar surface area (TPSA) is 118 Å². The highest BCUT2D eigenvalue weighted by molar-refractivity contribution is 5.87. The van der Waals surface area contributed by atoms with E-state index in [0.29, 0.717) is 0 Å². The van der Waals surface area contributed by atoms with Gasteiger partial charge in [0, 0.05) is 4.92 Å². The first-order valence-electron chi connectivity index (χ1n) is 5.01. The largest absolute Gasteiger partial charge is 0.481 e. The molecule has 0 aliphatic heterocycles. The fourth-order valence-electron chi connectivity index (χ4n) is 1.75. The maximum atomic E-state index is 11.3. The Morgan fingerprint density at radius 3 is 2.17 bits per heavy atom. The third-order valence-corrected chi connectivity index (χ3v) is 2.59. The van der Waals surface area contributed by atoms with Crippen molar-refractivity contribution in [3.05, 3.63) is 46.0 Å². The first kappa shape index (κ1) is 13.6. The van der Waals surface area contributed by atoms with E-state index in [0.717, 1.165) is 0 Å². The van der Waals surface area contributed by atoms with Crippen molar-refractivity contribution in [1.29, 1.82) is 0 Å². The number of nitro groups is 1. The van der Waals surface area contributed by atoms with E-state index in [4.69, 9.17) is 5.11 Å². The van der Waals surface area contributed by atoms with Crippen molar-refractivity contribution in [2.45, 2.75) is 11.8 Å². The maximum absolute atomic E-state index is 11.3. The summed E-state index contributed by atoms with van der Waals surface area (Å²) in [5.41, 5.74) is -1.94. The van der Waals surface area contributed by atoms with Gasteiger partial charge in [0.15, 0.2) is 5.41 Å². The SMILES string of the molecule is O=C(O)CC(C[N+](=O)[O-])(C(=O)O)c1ccccc1. The van der Waals surface area contributed by atoms with E-state index in [1.54, 1.807) is 6.07 Å². The Bertz CT molecular complexity index is 454. The summed E-state index contributed by atoms with van der Waals surface area (Å²) in [6, 6.07) is 7.38. The summed E-state index contributed by atoms with van der Waals surface area (Å²) in [6.45, 7) is -0.974. The zero-order valence-electron chi connectivity index (χ0n) is 9.28. The van der Waals surface area contributed by atoms with Crippen LogP contribution in [-0.4, -0.2) is 33.6 Å². The Kier molecular flexibility index (Phi) is 3.98. The van der Waals surface area contributed by atoms with E-state index in [2.05, 4.69) is 0 Å². The summed E-state index contributed by atoms with van der Waals surface area (Å²) >= 11 is 0. The van der Waals surface area contributed by atoms with Gasteiger partial charge in [-0.2, -0.15) is 0 Å². The number of hydrogen-bond acceptors (Lipinski definition) is 4. The van der Waals surface area contributed by atoms with Gasteiger partial charge >= 0.3 is 11.9 Å². The normalized spacial score (nSPS) is 13.6. The fourth-order valence-corrected chi connectivity index (χ4v) is 1.75. The molecule has 7 nitrogen and oxygen atoms in total. The number of nitrogens with zero attached hydrogens (tertiary/aromatic N) is 1. The highest BCUT2D eigenvalue weighted by Gasteiger charge is 2.47. The molecule has 0 saturated heterocycles. The van der Waals surface area contributed by atoms with Crippen molar-refractivity contribution in [1.82, 2.24) is 0 Å². The lowest BCUT2D eigenvalue weighted by molar-refractivity contribution is -0.488. The van der Waals surface area contributed by atoms with Crippen LogP contribution in [0.2, 0.25) is 0 Å². The molecule has 1 aromatic rings. The van der Waals surface area contributed by atoms with E-state index in [1.807, 2.05) is 0 Å². The maximum Gasteiger partial charge on any atom is 0.321 e. The predicted octanol–water partition coefficient (Wildman–Crippen LogP) is 0.760. The summed E-state index contributed by atoms with van der Waals surface area (Å²) in [6.07, 6.45) is -0.840. The summed E-state index contributed by atoms with van der Waals surface area (Å²) in [7, 11) is 0. The molecule has 2 N–H and O–H groups in total. The molecule has 0 fully saturated rings. The standard InChI is InChI=1S/C11H11NO6/c13-9(14)6-11(10(15)16,7-12(17)18)8-4-2-1-3-5-8/h1-5H,6-7H2,(H,13,14)(H,15,16). The number of carboxylic acid groups (broad SMARTS) is 2. The number of carbonyl (C=O) groups is 2. The lowest BCUT2D eigenvalue weighted by Crippen LogP contribution is -2.44. The first-order valence-corrected chi connectivity index (χ1v) is 5.01. The van der Waals surface area contributed by atoms with Crippen LogP contribution in [0.4, 0.5) is 0 Å². The lowest BCUT2D eigenvalue weighted by atomic mass is 9.77. The van der Waals surface area contributed by atoms with Crippen LogP contribution >= 0.6 is 0 Å². The number of hydrogen-bond donors (Lipinski definition) is 2. The highest BCUT2D eigenvalue weighted by Crippen LogP contribution is 2.29. The minimum absolute atomic E-state index is 0.108. The van der Waals surface area contributed by atoms with Crippen LogP contribution < -0.4 is 0 Å². The van der Waals surface area contributed by atoms with Crippen LogP contribution in [0.3, 0.4) is 0 Å². The monoisotopic (exact) mass is 253 g/mol. The molecule has 0 spiro atoms. The molecule has 96 valence electrons. The molecule has 18 heavy (non-hydrogen) atoms. The average molecular weight is 253 g/mol. The molecular weight excluding hydrogens is 242 g/mol. The lowest BCUT2D eigenvalue weighted by Gasteiger charge is -2.23. The molecular formula is C11H11NO6. The molecule has 0 bridgehead atoms. The number of rotatable bonds is 6. The predicted molar refractivity (Wildman–Crippen MR) is 59.9 cm³/mol. The van der Waals surface area contributed by atoms with E-state index in [1.165, 1.54) is 24.3 Å². The average Bonchev–Trinajstić information content (AvgIpc) is 2.27. The number of aliphatic carboxylic acids is 2. The summed E-state index contributed by atoms with van der Waals surface area (Å²) < 4.78 is 0. The molecule has 0 aliphatic carbocycles. The molecule has 0 radical (unpaired) electrons. The molecule has 1 unspecified atom stereocenters. The van der Waals surface area contributed by atoms with Crippen LogP contribution in [-0.2, 0) is 15.0 Å². The molecule has 1 atom stereocenters. The second-order valence-corrected chi connectivity index (χ2v) is 3.81. The zero-order chi connectivity index (χ0) is 13.8. The summed E-state index contributed by atoms with van der Waals surface area (Å²) in [4.78, 5) is 31.9. The smallest absolute Gasteiger partial charge is 0.321 e. The minimum atomic E-state index is -2.05. The van der Waals surface area contributed by atoms with Crippen LogP contribution in [0.1, 0.15) is 12.0 Å². The van der Waals surface area contributed by atoms with Gasteiger partial charge in [0.25, 0.3) is 0 Å². The van der Waals surface area contributed by atoms with Gasteiger partial charge in [-0.15, -0.1) is 0 Å². The van der Waals surface area contributed by atoms with Gasteiger partial charge in [-0.05, 0) is 5.56 Å². The van der Waals surface area contributed by atoms with Crippen molar-refractivity contribution < 1.29 is 24.7 Å². The van der Waals surface area contributed by atoms with Gasteiger partial charge in [0.1, 0.15) is 0 Å². The molecule has 1 rings (SSSR count). The Labute approximate surface area is 102 Å². The minimum Gasteiger partial charge on any atom is -0.481 e. The molecule has 0 aliphatic rings. The number of benzene rings is 1. The Morgan fingerprint density at radius 2 is 1.78 bits per heavy atom. The van der Waals surface area contributed by atoms with Gasteiger partial charge in [-0.3, -0.25) is 19.7 Å². The van der Waals surface area contributed by atoms with Gasteiger partial charge in [0.05, 0.1) is 6.42 Å². The number of carboxylic acids is 2. The van der Waals surface area contributed by atoms with Crippen molar-refractivity contribution in [3.8, 4) is 0 Å². The quantitative estimate of drug-likeness (QED) is 0.570. The van der Waals surface area contributed by atoms with E-state index in [9.17, 15) is 24.8 Å². The van der Waals surface area contributed by atoms with Crippen molar-refractivity contribution in [2.75, 3.05) is 6.54 Å². The second-order valence-electron chi connectivity index (χ2n) is 3.81. The van der Waals surface area contributed by atoms with Crippen molar-refractivity contribution in [3.63, 3.8) is 0 Å². The second kappa shape index (κ2) is 5.26. The fraction of sp³-hybridized carbons (Fsp3) is 0.273. The molecule has 0 saturated carbocycles. The van der Waals surface area contributed by atoms with Crippen LogP contribution in [0.5, 0.6) is 0 Å². The Balaban J connectivity index is 3.33. The molecule has 1 aromatic carbocycles. The summed E-state index contributed by atoms with van der Waals surface area (Å²) in [5, 5.41) is 28.6. The van der Waals surface area contributed by atoms with Gasteiger partial charge < -0.3 is 10.2 Å². The Morgan fingerprint density at radius 1 is 1.22 bits per heavy atom. The molecule has 7 heteroatoms. The third kappa shape index (κ3) is 2.82. The van der Waals surface area contributed by atoms with E-state index < -0.39 is 35.2 Å². The first-order chi connectivity index (χ1) is 8.38. The van der Waals surface area contributed by atoms with Crippen LogP contribution in [0.25, 0.3) is 0 Å². The van der Waals surface area contributed by atoms with E-state index >= 15 is 0 Å². The van der Waals surface area contributed by atoms with Gasteiger partial charge in [-0.25, -0.2) is 0 Å². The third-order valence-electron chi connectivity index (χ3n) is 2.59. The zero-order valence-corrected chi connectivity index (χ0v) is 9.28. The molecule has 0 heterocycles. The van der Waals surface area contributed by atoms with Crippen LogP contribution in [0, 0.1) is 10.1 Å². The van der Waals surface area contributed by atoms with Crippen molar-refractivity contribution in [2.24, 2.45) is 0 Å². The van der Waals surface area contributed by atoms with Gasteiger partial charge in [-0.1, -0.05) is 30.3 Å². The highest BCUT2D eigenvalue weighted by atomic mass is 16.6. The molecule has 0 amide bonds. The van der Waals surface area contributed by atoms with Crippen molar-refractivity contribution >= 4 is 11.9 Å². The Hall–Kier alpha value is -2.44. The molecule has 0 aromatic heterocycles.